The van der Waals surface area contributed by atoms with E-state index in [1.165, 1.54) is 10.9 Å². The molecule has 4 heteroatoms. The average Bonchev–Trinajstić information content (AvgIpc) is 2.70. The third-order valence-electron chi connectivity index (χ3n) is 4.73. The van der Waals surface area contributed by atoms with Crippen LogP contribution in [0.1, 0.15) is 26.3 Å². The zero-order valence-corrected chi connectivity index (χ0v) is 15.9. The van der Waals surface area contributed by atoms with Crippen molar-refractivity contribution in [2.75, 3.05) is 31.2 Å². The fourth-order valence-electron chi connectivity index (χ4n) is 3.32. The second-order valence-corrected chi connectivity index (χ2v) is 6.19. The lowest BCUT2D eigenvalue weighted by Crippen LogP contribution is -2.22. The van der Waals surface area contributed by atoms with Gasteiger partial charge >= 0.3 is 0 Å². The van der Waals surface area contributed by atoms with Crippen LogP contribution in [0, 0.1) is 0 Å². The Balaban J connectivity index is 2.01. The minimum absolute atomic E-state index is 0.711. The third kappa shape index (κ3) is 3.86. The molecule has 26 heavy (non-hydrogen) atoms. The highest BCUT2D eigenvalue weighted by Gasteiger charge is 2.12. The number of nitrogens with zero attached hydrogens (tertiary/aromatic N) is 3. The van der Waals surface area contributed by atoms with Gasteiger partial charge in [-0.2, -0.15) is 0 Å². The summed E-state index contributed by atoms with van der Waals surface area (Å²) in [4.78, 5) is 11.6. The number of aromatic nitrogens is 2. The SMILES string of the molecule is CCOCCc1c(-c2ccc(N(CC)CC)nc2)cnc2ccccc12. The first-order valence-corrected chi connectivity index (χ1v) is 9.44. The van der Waals surface area contributed by atoms with Gasteiger partial charge in [-0.15, -0.1) is 0 Å². The van der Waals surface area contributed by atoms with Crippen LogP contribution in [0.15, 0.2) is 48.8 Å². The van der Waals surface area contributed by atoms with E-state index in [1.54, 1.807) is 0 Å². The van der Waals surface area contributed by atoms with Gasteiger partial charge in [-0.05, 0) is 51.0 Å². The van der Waals surface area contributed by atoms with Crippen molar-refractivity contribution in [3.05, 3.63) is 54.4 Å². The molecular formula is C22H27N3O. The van der Waals surface area contributed by atoms with Crippen LogP contribution < -0.4 is 4.90 Å². The molecule has 0 spiro atoms. The van der Waals surface area contributed by atoms with Gasteiger partial charge in [0.25, 0.3) is 0 Å². The van der Waals surface area contributed by atoms with Crippen LogP contribution >= 0.6 is 0 Å². The third-order valence-corrected chi connectivity index (χ3v) is 4.73. The van der Waals surface area contributed by atoms with E-state index in [0.29, 0.717) is 6.61 Å². The smallest absolute Gasteiger partial charge is 0.128 e. The number of rotatable bonds is 8. The minimum Gasteiger partial charge on any atom is -0.381 e. The van der Waals surface area contributed by atoms with Crippen LogP contribution in [-0.2, 0) is 11.2 Å². The number of hydrogen-bond donors (Lipinski definition) is 0. The van der Waals surface area contributed by atoms with Crippen LogP contribution in [-0.4, -0.2) is 36.3 Å². The molecule has 3 rings (SSSR count). The number of anilines is 1. The molecule has 0 saturated heterocycles. The quantitative estimate of drug-likeness (QED) is 0.552. The Morgan fingerprint density at radius 3 is 2.42 bits per heavy atom. The van der Waals surface area contributed by atoms with Crippen molar-refractivity contribution in [1.82, 2.24) is 9.97 Å². The lowest BCUT2D eigenvalue weighted by molar-refractivity contribution is 0.151. The fourth-order valence-corrected chi connectivity index (χ4v) is 3.32. The largest absolute Gasteiger partial charge is 0.381 e. The lowest BCUT2D eigenvalue weighted by Gasteiger charge is -2.20. The molecule has 0 saturated carbocycles. The summed E-state index contributed by atoms with van der Waals surface area (Å²) < 4.78 is 5.61. The number of fused-ring (bicyclic) bond motifs is 1. The van der Waals surface area contributed by atoms with Gasteiger partial charge in [0.1, 0.15) is 5.82 Å². The van der Waals surface area contributed by atoms with Crippen LogP contribution in [0.4, 0.5) is 5.82 Å². The average molecular weight is 349 g/mol. The highest BCUT2D eigenvalue weighted by atomic mass is 16.5. The summed E-state index contributed by atoms with van der Waals surface area (Å²) in [6.07, 6.45) is 4.80. The summed E-state index contributed by atoms with van der Waals surface area (Å²) in [7, 11) is 0. The number of para-hydroxylation sites is 1. The Morgan fingerprint density at radius 1 is 0.923 bits per heavy atom. The number of pyridine rings is 2. The first kappa shape index (κ1) is 18.3. The molecule has 0 bridgehead atoms. The number of hydrogen-bond acceptors (Lipinski definition) is 4. The summed E-state index contributed by atoms with van der Waals surface area (Å²) >= 11 is 0. The molecule has 0 amide bonds. The summed E-state index contributed by atoms with van der Waals surface area (Å²) in [5.41, 5.74) is 4.55. The van der Waals surface area contributed by atoms with Crippen LogP contribution in [0.2, 0.25) is 0 Å². The number of ether oxygens (including phenoxy) is 1. The van der Waals surface area contributed by atoms with Gasteiger partial charge in [-0.25, -0.2) is 4.98 Å². The zero-order valence-electron chi connectivity index (χ0n) is 15.9. The van der Waals surface area contributed by atoms with E-state index in [2.05, 4.69) is 59.0 Å². The van der Waals surface area contributed by atoms with Crippen molar-refractivity contribution in [3.63, 3.8) is 0 Å². The van der Waals surface area contributed by atoms with E-state index in [0.717, 1.165) is 48.6 Å². The summed E-state index contributed by atoms with van der Waals surface area (Å²) in [5.74, 6) is 1.02. The van der Waals surface area contributed by atoms with Crippen molar-refractivity contribution < 1.29 is 4.74 Å². The molecule has 2 heterocycles. The van der Waals surface area contributed by atoms with Gasteiger partial charge < -0.3 is 9.64 Å². The fraction of sp³-hybridized carbons (Fsp3) is 0.364. The van der Waals surface area contributed by atoms with Gasteiger partial charge in [0, 0.05) is 48.6 Å². The van der Waals surface area contributed by atoms with E-state index in [9.17, 15) is 0 Å². The van der Waals surface area contributed by atoms with Crippen molar-refractivity contribution >= 4 is 16.7 Å². The molecule has 2 aromatic heterocycles. The molecule has 0 unspecified atom stereocenters. The van der Waals surface area contributed by atoms with E-state index >= 15 is 0 Å². The monoisotopic (exact) mass is 349 g/mol. The molecule has 4 nitrogen and oxygen atoms in total. The van der Waals surface area contributed by atoms with Crippen LogP contribution in [0.25, 0.3) is 22.0 Å². The minimum atomic E-state index is 0.711. The first-order valence-electron chi connectivity index (χ1n) is 9.44. The summed E-state index contributed by atoms with van der Waals surface area (Å²) in [6, 6.07) is 12.6. The van der Waals surface area contributed by atoms with Gasteiger partial charge in [0.2, 0.25) is 0 Å². The molecule has 0 atom stereocenters. The van der Waals surface area contributed by atoms with Gasteiger partial charge in [0.05, 0.1) is 12.1 Å². The molecule has 0 N–H and O–H groups in total. The Hall–Kier alpha value is -2.46. The predicted molar refractivity (Wildman–Crippen MR) is 109 cm³/mol. The molecular weight excluding hydrogens is 322 g/mol. The van der Waals surface area contributed by atoms with E-state index in [4.69, 9.17) is 4.74 Å². The van der Waals surface area contributed by atoms with E-state index in [-0.39, 0.29) is 0 Å². The standard InChI is InChI=1S/C22H27N3O/c1-4-25(5-2)22-12-11-17(15-24-22)20-16-23-21-10-8-7-9-19(21)18(20)13-14-26-6-3/h7-12,15-16H,4-6,13-14H2,1-3H3. The van der Waals surface area contributed by atoms with Crippen molar-refractivity contribution in [2.45, 2.75) is 27.2 Å². The molecule has 0 aliphatic rings. The Morgan fingerprint density at radius 2 is 1.73 bits per heavy atom. The molecule has 1 aromatic carbocycles. The Bertz CT molecular complexity index is 842. The maximum absolute atomic E-state index is 5.61. The van der Waals surface area contributed by atoms with Crippen molar-refractivity contribution in [3.8, 4) is 11.1 Å². The predicted octanol–water partition coefficient (Wildman–Crippen LogP) is 4.72. The molecule has 0 aliphatic heterocycles. The highest BCUT2D eigenvalue weighted by Crippen LogP contribution is 2.30. The topological polar surface area (TPSA) is 38.2 Å². The summed E-state index contributed by atoms with van der Waals surface area (Å²) in [6.45, 7) is 9.69. The normalized spacial score (nSPS) is 11.0. The van der Waals surface area contributed by atoms with E-state index < -0.39 is 0 Å². The maximum Gasteiger partial charge on any atom is 0.128 e. The molecule has 3 aromatic rings. The molecule has 0 aliphatic carbocycles. The van der Waals surface area contributed by atoms with Crippen molar-refractivity contribution in [1.29, 1.82) is 0 Å². The zero-order chi connectivity index (χ0) is 18.4. The highest BCUT2D eigenvalue weighted by molar-refractivity contribution is 5.88. The molecule has 0 radical (unpaired) electrons. The number of benzene rings is 1. The van der Waals surface area contributed by atoms with Gasteiger partial charge in [-0.1, -0.05) is 18.2 Å². The van der Waals surface area contributed by atoms with Crippen LogP contribution in [0.3, 0.4) is 0 Å². The van der Waals surface area contributed by atoms with Gasteiger partial charge in [0.15, 0.2) is 0 Å². The van der Waals surface area contributed by atoms with E-state index in [1.807, 2.05) is 25.4 Å². The second-order valence-electron chi connectivity index (χ2n) is 6.19. The maximum atomic E-state index is 5.61. The lowest BCUT2D eigenvalue weighted by atomic mass is 9.97. The Kier molecular flexibility index (Phi) is 6.18. The molecule has 136 valence electrons. The summed E-state index contributed by atoms with van der Waals surface area (Å²) in [5, 5.41) is 1.19. The van der Waals surface area contributed by atoms with Gasteiger partial charge in [-0.3, -0.25) is 4.98 Å². The Labute approximate surface area is 155 Å². The second kappa shape index (κ2) is 8.77. The first-order chi connectivity index (χ1) is 12.8. The molecule has 0 fully saturated rings. The van der Waals surface area contributed by atoms with Crippen LogP contribution in [0.5, 0.6) is 0 Å². The van der Waals surface area contributed by atoms with Crippen molar-refractivity contribution in [2.24, 2.45) is 0 Å².